The minimum absolute atomic E-state index is 0.323. The SMILES string of the molecule is CC(C)CSCCCCC(=N)N. The van der Waals surface area contributed by atoms with Gasteiger partial charge in [-0.15, -0.1) is 0 Å². The van der Waals surface area contributed by atoms with E-state index in [1.54, 1.807) is 0 Å². The number of nitrogens with two attached hydrogens (primary N) is 1. The first-order valence-corrected chi connectivity index (χ1v) is 5.69. The summed E-state index contributed by atoms with van der Waals surface area (Å²) in [5.41, 5.74) is 5.23. The lowest BCUT2D eigenvalue weighted by Gasteiger charge is -2.03. The molecular formula is C9H20N2S. The second-order valence-corrected chi connectivity index (χ2v) is 4.60. The van der Waals surface area contributed by atoms with Crippen LogP contribution in [-0.2, 0) is 0 Å². The van der Waals surface area contributed by atoms with Crippen molar-refractivity contribution in [2.75, 3.05) is 11.5 Å². The largest absolute Gasteiger partial charge is 0.388 e. The summed E-state index contributed by atoms with van der Waals surface area (Å²) in [5.74, 6) is 3.58. The summed E-state index contributed by atoms with van der Waals surface area (Å²) in [7, 11) is 0. The Balaban J connectivity index is 2.96. The molecule has 0 saturated carbocycles. The van der Waals surface area contributed by atoms with E-state index in [0.717, 1.165) is 18.8 Å². The predicted octanol–water partition coefficient (Wildman–Crippen LogP) is 2.48. The Hall–Kier alpha value is -0.180. The van der Waals surface area contributed by atoms with E-state index < -0.39 is 0 Å². The zero-order valence-corrected chi connectivity index (χ0v) is 8.91. The molecular weight excluding hydrogens is 168 g/mol. The third-order valence-electron chi connectivity index (χ3n) is 1.44. The van der Waals surface area contributed by atoms with Crippen molar-refractivity contribution in [3.05, 3.63) is 0 Å². The lowest BCUT2D eigenvalue weighted by molar-refractivity contribution is 0.748. The fraction of sp³-hybridized carbons (Fsp3) is 0.889. The predicted molar refractivity (Wildman–Crippen MR) is 57.9 cm³/mol. The van der Waals surface area contributed by atoms with Gasteiger partial charge in [0.2, 0.25) is 0 Å². The van der Waals surface area contributed by atoms with Crippen LogP contribution in [0.2, 0.25) is 0 Å². The highest BCUT2D eigenvalue weighted by Gasteiger charge is 1.95. The average Bonchev–Trinajstić information content (AvgIpc) is 1.95. The highest BCUT2D eigenvalue weighted by Crippen LogP contribution is 2.10. The third-order valence-corrected chi connectivity index (χ3v) is 2.92. The van der Waals surface area contributed by atoms with Crippen LogP contribution in [0.15, 0.2) is 0 Å². The first-order valence-electron chi connectivity index (χ1n) is 4.53. The van der Waals surface area contributed by atoms with Crippen molar-refractivity contribution in [3.8, 4) is 0 Å². The van der Waals surface area contributed by atoms with Gasteiger partial charge in [0.1, 0.15) is 0 Å². The second-order valence-electron chi connectivity index (χ2n) is 3.45. The number of thioether (sulfide) groups is 1. The topological polar surface area (TPSA) is 49.9 Å². The molecule has 2 nitrogen and oxygen atoms in total. The van der Waals surface area contributed by atoms with E-state index in [-0.39, 0.29) is 0 Å². The Morgan fingerprint density at radius 1 is 1.42 bits per heavy atom. The number of rotatable bonds is 7. The zero-order chi connectivity index (χ0) is 9.40. The van der Waals surface area contributed by atoms with Crippen LogP contribution < -0.4 is 5.73 Å². The molecule has 0 aromatic rings. The summed E-state index contributed by atoms with van der Waals surface area (Å²) in [6, 6.07) is 0. The quantitative estimate of drug-likeness (QED) is 0.366. The highest BCUT2D eigenvalue weighted by atomic mass is 32.2. The van der Waals surface area contributed by atoms with Gasteiger partial charge in [-0.1, -0.05) is 13.8 Å². The molecule has 3 heteroatoms. The smallest absolute Gasteiger partial charge is 0.0905 e. The molecule has 0 aromatic carbocycles. The zero-order valence-electron chi connectivity index (χ0n) is 8.10. The van der Waals surface area contributed by atoms with Gasteiger partial charge in [0.25, 0.3) is 0 Å². The first kappa shape index (κ1) is 11.8. The summed E-state index contributed by atoms with van der Waals surface area (Å²) in [5, 5.41) is 7.01. The van der Waals surface area contributed by atoms with Crippen LogP contribution in [-0.4, -0.2) is 17.3 Å². The fourth-order valence-electron chi connectivity index (χ4n) is 0.839. The summed E-state index contributed by atoms with van der Waals surface area (Å²) in [4.78, 5) is 0. The maximum atomic E-state index is 7.01. The number of unbranched alkanes of at least 4 members (excludes halogenated alkanes) is 1. The van der Waals surface area contributed by atoms with Gasteiger partial charge < -0.3 is 5.73 Å². The Labute approximate surface area is 79.8 Å². The molecule has 0 unspecified atom stereocenters. The van der Waals surface area contributed by atoms with Gasteiger partial charge >= 0.3 is 0 Å². The van der Waals surface area contributed by atoms with Gasteiger partial charge in [0.05, 0.1) is 5.84 Å². The number of nitrogens with one attached hydrogen (secondary N) is 1. The van der Waals surface area contributed by atoms with E-state index in [0.29, 0.717) is 5.84 Å². The molecule has 72 valence electrons. The van der Waals surface area contributed by atoms with Crippen molar-refractivity contribution in [1.29, 1.82) is 5.41 Å². The van der Waals surface area contributed by atoms with Gasteiger partial charge in [-0.25, -0.2) is 0 Å². The van der Waals surface area contributed by atoms with E-state index >= 15 is 0 Å². The van der Waals surface area contributed by atoms with Gasteiger partial charge in [-0.3, -0.25) is 5.41 Å². The van der Waals surface area contributed by atoms with E-state index in [2.05, 4.69) is 13.8 Å². The first-order chi connectivity index (χ1) is 5.63. The fourth-order valence-corrected chi connectivity index (χ4v) is 1.88. The van der Waals surface area contributed by atoms with Crippen LogP contribution in [0.25, 0.3) is 0 Å². The lowest BCUT2D eigenvalue weighted by atomic mass is 10.2. The molecule has 0 heterocycles. The summed E-state index contributed by atoms with van der Waals surface area (Å²) in [6.45, 7) is 4.48. The highest BCUT2D eigenvalue weighted by molar-refractivity contribution is 7.99. The van der Waals surface area contributed by atoms with Gasteiger partial charge in [0.15, 0.2) is 0 Å². The molecule has 0 bridgehead atoms. The van der Waals surface area contributed by atoms with Crippen LogP contribution in [0, 0.1) is 11.3 Å². The maximum absolute atomic E-state index is 7.01. The minimum Gasteiger partial charge on any atom is -0.388 e. The van der Waals surface area contributed by atoms with E-state index in [1.165, 1.54) is 17.9 Å². The maximum Gasteiger partial charge on any atom is 0.0905 e. The lowest BCUT2D eigenvalue weighted by Crippen LogP contribution is -2.08. The molecule has 0 aliphatic carbocycles. The Kier molecular flexibility index (Phi) is 7.36. The average molecular weight is 188 g/mol. The normalized spacial score (nSPS) is 10.6. The molecule has 0 aliphatic heterocycles. The molecule has 0 rings (SSSR count). The summed E-state index contributed by atoms with van der Waals surface area (Å²) < 4.78 is 0. The van der Waals surface area contributed by atoms with Crippen molar-refractivity contribution in [3.63, 3.8) is 0 Å². The van der Waals surface area contributed by atoms with Crippen LogP contribution in [0.3, 0.4) is 0 Å². The van der Waals surface area contributed by atoms with E-state index in [4.69, 9.17) is 11.1 Å². The molecule has 0 atom stereocenters. The molecule has 3 N–H and O–H groups in total. The van der Waals surface area contributed by atoms with Crippen LogP contribution in [0.5, 0.6) is 0 Å². The van der Waals surface area contributed by atoms with Crippen molar-refractivity contribution in [2.45, 2.75) is 33.1 Å². The van der Waals surface area contributed by atoms with Crippen LogP contribution in [0.4, 0.5) is 0 Å². The Morgan fingerprint density at radius 2 is 2.08 bits per heavy atom. The van der Waals surface area contributed by atoms with E-state index in [1.807, 2.05) is 11.8 Å². The monoisotopic (exact) mass is 188 g/mol. The minimum atomic E-state index is 0.323. The van der Waals surface area contributed by atoms with Gasteiger partial charge in [-0.05, 0) is 30.3 Å². The molecule has 0 radical (unpaired) electrons. The Morgan fingerprint density at radius 3 is 2.58 bits per heavy atom. The van der Waals surface area contributed by atoms with Crippen molar-refractivity contribution in [2.24, 2.45) is 11.7 Å². The molecule has 0 spiro atoms. The number of hydrogen-bond acceptors (Lipinski definition) is 2. The van der Waals surface area contributed by atoms with Gasteiger partial charge in [-0.2, -0.15) is 11.8 Å². The summed E-state index contributed by atoms with van der Waals surface area (Å²) in [6.07, 6.45) is 3.03. The van der Waals surface area contributed by atoms with Crippen molar-refractivity contribution < 1.29 is 0 Å². The summed E-state index contributed by atoms with van der Waals surface area (Å²) >= 11 is 2.00. The number of hydrogen-bond donors (Lipinski definition) is 2. The third kappa shape index (κ3) is 9.82. The second kappa shape index (κ2) is 7.47. The van der Waals surface area contributed by atoms with Crippen molar-refractivity contribution >= 4 is 17.6 Å². The van der Waals surface area contributed by atoms with Crippen LogP contribution >= 0.6 is 11.8 Å². The Bertz CT molecular complexity index is 124. The molecule has 12 heavy (non-hydrogen) atoms. The molecule has 0 aliphatic rings. The van der Waals surface area contributed by atoms with Gasteiger partial charge in [0, 0.05) is 6.42 Å². The van der Waals surface area contributed by atoms with E-state index in [9.17, 15) is 0 Å². The standard InChI is InChI=1S/C9H20N2S/c1-8(2)7-12-6-4-3-5-9(10)11/h8H,3-7H2,1-2H3,(H3,10,11). The number of amidine groups is 1. The molecule has 0 saturated heterocycles. The molecule has 0 fully saturated rings. The van der Waals surface area contributed by atoms with Crippen molar-refractivity contribution in [1.82, 2.24) is 0 Å². The van der Waals surface area contributed by atoms with Crippen LogP contribution in [0.1, 0.15) is 33.1 Å². The molecule has 0 amide bonds. The molecule has 0 aromatic heterocycles.